The minimum absolute atomic E-state index is 0.311. The van der Waals surface area contributed by atoms with Crippen LogP contribution in [0.1, 0.15) is 52.9 Å². The minimum atomic E-state index is 0.311. The Morgan fingerprint density at radius 2 is 1.76 bits per heavy atom. The third kappa shape index (κ3) is 2.29. The van der Waals surface area contributed by atoms with Gasteiger partial charge in [0.2, 0.25) is 0 Å². The summed E-state index contributed by atoms with van der Waals surface area (Å²) >= 11 is 0. The summed E-state index contributed by atoms with van der Waals surface area (Å²) in [5, 5.41) is 0. The molecule has 0 spiro atoms. The van der Waals surface area contributed by atoms with Gasteiger partial charge >= 0.3 is 6.03 Å². The number of hydrogen-bond donors (Lipinski definition) is 0. The summed E-state index contributed by atoms with van der Waals surface area (Å²) in [5.74, 6) is 0.736. The first-order chi connectivity index (χ1) is 8.21. The molecule has 0 N–H and O–H groups in total. The van der Waals surface area contributed by atoms with Crippen molar-refractivity contribution >= 4 is 6.03 Å². The van der Waals surface area contributed by atoms with Gasteiger partial charge in [-0.3, -0.25) is 0 Å². The van der Waals surface area contributed by atoms with Crippen molar-refractivity contribution in [2.45, 2.75) is 65.0 Å². The SMILES string of the molecule is CCC1CCN(C(=O)N2C(CC)CC2CC)C1. The second-order valence-electron chi connectivity index (χ2n) is 5.56. The molecular weight excluding hydrogens is 212 g/mol. The number of carbonyl (C=O) groups excluding carboxylic acids is 1. The number of likely N-dealkylation sites (tertiary alicyclic amines) is 2. The Labute approximate surface area is 105 Å². The molecule has 2 heterocycles. The van der Waals surface area contributed by atoms with E-state index in [-0.39, 0.29) is 0 Å². The number of amides is 2. The fourth-order valence-electron chi connectivity index (χ4n) is 3.24. The quantitative estimate of drug-likeness (QED) is 0.741. The molecule has 2 aliphatic rings. The largest absolute Gasteiger partial charge is 0.324 e. The molecular formula is C14H26N2O. The Morgan fingerprint density at radius 1 is 1.12 bits per heavy atom. The predicted octanol–water partition coefficient (Wildman–Crippen LogP) is 3.10. The smallest absolute Gasteiger partial charge is 0.320 e. The van der Waals surface area contributed by atoms with Crippen LogP contribution in [0.15, 0.2) is 0 Å². The van der Waals surface area contributed by atoms with E-state index in [0.29, 0.717) is 18.1 Å². The average molecular weight is 238 g/mol. The van der Waals surface area contributed by atoms with Gasteiger partial charge in [0.15, 0.2) is 0 Å². The zero-order valence-electron chi connectivity index (χ0n) is 11.5. The van der Waals surface area contributed by atoms with Crippen LogP contribution in [-0.4, -0.2) is 41.0 Å². The third-order valence-corrected chi connectivity index (χ3v) is 4.63. The van der Waals surface area contributed by atoms with Crippen LogP contribution in [0.3, 0.4) is 0 Å². The fourth-order valence-corrected chi connectivity index (χ4v) is 3.24. The topological polar surface area (TPSA) is 23.6 Å². The maximum absolute atomic E-state index is 12.5. The van der Waals surface area contributed by atoms with Gasteiger partial charge in [-0.25, -0.2) is 4.79 Å². The molecule has 3 atom stereocenters. The lowest BCUT2D eigenvalue weighted by Crippen LogP contribution is -2.61. The first-order valence-electron chi connectivity index (χ1n) is 7.28. The lowest BCUT2D eigenvalue weighted by molar-refractivity contribution is 0.0311. The van der Waals surface area contributed by atoms with Gasteiger partial charge in [-0.15, -0.1) is 0 Å². The Hall–Kier alpha value is -0.730. The molecule has 98 valence electrons. The van der Waals surface area contributed by atoms with Crippen LogP contribution in [0.25, 0.3) is 0 Å². The van der Waals surface area contributed by atoms with Crippen molar-refractivity contribution in [2.24, 2.45) is 5.92 Å². The van der Waals surface area contributed by atoms with Gasteiger partial charge in [-0.2, -0.15) is 0 Å². The monoisotopic (exact) mass is 238 g/mol. The summed E-state index contributed by atoms with van der Waals surface area (Å²) in [6.45, 7) is 8.57. The lowest BCUT2D eigenvalue weighted by atomic mass is 9.89. The molecule has 0 radical (unpaired) electrons. The van der Waals surface area contributed by atoms with E-state index in [0.717, 1.165) is 31.8 Å². The van der Waals surface area contributed by atoms with Gasteiger partial charge in [0.25, 0.3) is 0 Å². The van der Waals surface area contributed by atoms with Gasteiger partial charge in [0.05, 0.1) is 0 Å². The summed E-state index contributed by atoms with van der Waals surface area (Å²) in [5.41, 5.74) is 0. The van der Waals surface area contributed by atoms with Crippen LogP contribution in [-0.2, 0) is 0 Å². The molecule has 0 bridgehead atoms. The molecule has 3 heteroatoms. The molecule has 3 unspecified atom stereocenters. The fraction of sp³-hybridized carbons (Fsp3) is 0.929. The average Bonchev–Trinajstić information content (AvgIpc) is 2.77. The Morgan fingerprint density at radius 3 is 2.24 bits per heavy atom. The summed E-state index contributed by atoms with van der Waals surface area (Å²) in [7, 11) is 0. The molecule has 3 nitrogen and oxygen atoms in total. The van der Waals surface area contributed by atoms with E-state index < -0.39 is 0 Å². The van der Waals surface area contributed by atoms with Crippen LogP contribution in [0.5, 0.6) is 0 Å². The normalized spacial score (nSPS) is 32.8. The summed E-state index contributed by atoms with van der Waals surface area (Å²) in [6, 6.07) is 1.33. The van der Waals surface area contributed by atoms with E-state index in [1.54, 1.807) is 0 Å². The predicted molar refractivity (Wildman–Crippen MR) is 70.0 cm³/mol. The van der Waals surface area contributed by atoms with E-state index in [2.05, 4.69) is 30.6 Å². The maximum Gasteiger partial charge on any atom is 0.320 e. The Kier molecular flexibility index (Phi) is 3.95. The number of hydrogen-bond acceptors (Lipinski definition) is 1. The van der Waals surface area contributed by atoms with Crippen molar-refractivity contribution in [3.05, 3.63) is 0 Å². The molecule has 2 aliphatic heterocycles. The molecule has 0 saturated carbocycles. The molecule has 0 aromatic rings. The highest BCUT2D eigenvalue weighted by Gasteiger charge is 2.42. The Bertz CT molecular complexity index is 269. The maximum atomic E-state index is 12.5. The number of rotatable bonds is 3. The van der Waals surface area contributed by atoms with Crippen LogP contribution < -0.4 is 0 Å². The Balaban J connectivity index is 1.94. The standard InChI is InChI=1S/C14H26N2O/c1-4-11-7-8-15(10-11)14(17)16-12(5-2)9-13(16)6-3/h11-13H,4-10H2,1-3H3. The molecule has 2 amide bonds. The van der Waals surface area contributed by atoms with Crippen LogP contribution in [0, 0.1) is 5.92 Å². The molecule has 17 heavy (non-hydrogen) atoms. The first-order valence-corrected chi connectivity index (χ1v) is 7.28. The lowest BCUT2D eigenvalue weighted by Gasteiger charge is -2.49. The highest BCUT2D eigenvalue weighted by atomic mass is 16.2. The van der Waals surface area contributed by atoms with Crippen molar-refractivity contribution in [3.63, 3.8) is 0 Å². The molecule has 2 fully saturated rings. The third-order valence-electron chi connectivity index (χ3n) is 4.63. The summed E-state index contributed by atoms with van der Waals surface area (Å²) < 4.78 is 0. The highest BCUT2D eigenvalue weighted by molar-refractivity contribution is 5.76. The van der Waals surface area contributed by atoms with Gasteiger partial charge in [0, 0.05) is 25.2 Å². The second-order valence-corrected chi connectivity index (χ2v) is 5.56. The van der Waals surface area contributed by atoms with Crippen molar-refractivity contribution in [2.75, 3.05) is 13.1 Å². The van der Waals surface area contributed by atoms with E-state index in [1.165, 1.54) is 19.3 Å². The number of urea groups is 1. The van der Waals surface area contributed by atoms with Gasteiger partial charge in [0.1, 0.15) is 0 Å². The first kappa shape index (κ1) is 12.7. The minimum Gasteiger partial charge on any atom is -0.324 e. The molecule has 2 rings (SSSR count). The number of nitrogens with zero attached hydrogens (tertiary/aromatic N) is 2. The van der Waals surface area contributed by atoms with Gasteiger partial charge in [-0.1, -0.05) is 27.2 Å². The van der Waals surface area contributed by atoms with Crippen LogP contribution in [0.2, 0.25) is 0 Å². The van der Waals surface area contributed by atoms with Crippen molar-refractivity contribution in [3.8, 4) is 0 Å². The van der Waals surface area contributed by atoms with E-state index in [1.807, 2.05) is 0 Å². The van der Waals surface area contributed by atoms with Crippen molar-refractivity contribution in [1.82, 2.24) is 9.80 Å². The number of carbonyl (C=O) groups is 1. The highest BCUT2D eigenvalue weighted by Crippen LogP contribution is 2.32. The van der Waals surface area contributed by atoms with E-state index in [9.17, 15) is 4.79 Å². The van der Waals surface area contributed by atoms with Crippen LogP contribution >= 0.6 is 0 Å². The van der Waals surface area contributed by atoms with E-state index >= 15 is 0 Å². The van der Waals surface area contributed by atoms with Crippen molar-refractivity contribution in [1.29, 1.82) is 0 Å². The molecule has 0 aromatic carbocycles. The zero-order valence-corrected chi connectivity index (χ0v) is 11.5. The summed E-state index contributed by atoms with van der Waals surface area (Å²) in [6.07, 6.45) is 5.83. The molecule has 2 saturated heterocycles. The molecule has 0 aromatic heterocycles. The molecule has 0 aliphatic carbocycles. The van der Waals surface area contributed by atoms with Crippen molar-refractivity contribution < 1.29 is 4.79 Å². The van der Waals surface area contributed by atoms with Gasteiger partial charge in [-0.05, 0) is 31.6 Å². The summed E-state index contributed by atoms with van der Waals surface area (Å²) in [4.78, 5) is 16.7. The zero-order chi connectivity index (χ0) is 12.4. The van der Waals surface area contributed by atoms with Crippen LogP contribution in [0.4, 0.5) is 4.79 Å². The van der Waals surface area contributed by atoms with Gasteiger partial charge < -0.3 is 9.80 Å². The van der Waals surface area contributed by atoms with E-state index in [4.69, 9.17) is 0 Å². The second kappa shape index (κ2) is 5.28.